The average molecular weight is 315 g/mol. The van der Waals surface area contributed by atoms with Crippen LogP contribution in [-0.4, -0.2) is 51.6 Å². The summed E-state index contributed by atoms with van der Waals surface area (Å²) in [5.41, 5.74) is 0.797. The van der Waals surface area contributed by atoms with Gasteiger partial charge in [-0.15, -0.1) is 0 Å². The number of benzene rings is 1. The molecule has 2 N–H and O–H groups in total. The second-order valence-electron chi connectivity index (χ2n) is 6.28. The van der Waals surface area contributed by atoms with E-state index in [9.17, 15) is 14.9 Å². The van der Waals surface area contributed by atoms with Gasteiger partial charge in [-0.3, -0.25) is 20.0 Å². The van der Waals surface area contributed by atoms with Crippen molar-refractivity contribution in [1.29, 1.82) is 0 Å². The van der Waals surface area contributed by atoms with E-state index in [0.717, 1.165) is 32.5 Å². The van der Waals surface area contributed by atoms with Gasteiger partial charge in [0.15, 0.2) is 5.69 Å². The zero-order valence-corrected chi connectivity index (χ0v) is 12.5. The molecule has 4 heterocycles. The van der Waals surface area contributed by atoms with Crippen LogP contribution in [0, 0.1) is 16.0 Å². The molecule has 3 fully saturated rings. The van der Waals surface area contributed by atoms with Crippen LogP contribution in [0.5, 0.6) is 0 Å². The lowest BCUT2D eigenvalue weighted by atomic mass is 9.84. The number of piperidine rings is 3. The molecule has 3 aliphatic heterocycles. The first-order valence-corrected chi connectivity index (χ1v) is 7.77. The number of nitro benzene ring substituents is 1. The van der Waals surface area contributed by atoms with Gasteiger partial charge in [0.05, 0.1) is 10.4 Å². The van der Waals surface area contributed by atoms with E-state index in [1.807, 2.05) is 0 Å². The maximum Gasteiger partial charge on any atom is 0.272 e. The number of fused-ring (bicyclic) bond motifs is 4. The number of nitro groups is 1. The van der Waals surface area contributed by atoms with Crippen molar-refractivity contribution in [1.82, 2.24) is 20.4 Å². The minimum Gasteiger partial charge on any atom is -0.346 e. The number of carbonyl (C=O) groups is 1. The van der Waals surface area contributed by atoms with Gasteiger partial charge < -0.3 is 10.2 Å². The van der Waals surface area contributed by atoms with Gasteiger partial charge in [-0.2, -0.15) is 5.10 Å². The highest BCUT2D eigenvalue weighted by Gasteiger charge is 2.35. The maximum absolute atomic E-state index is 12.6. The number of aromatic nitrogens is 2. The summed E-state index contributed by atoms with van der Waals surface area (Å²) in [6, 6.07) is 4.50. The number of H-pyrrole nitrogens is 1. The van der Waals surface area contributed by atoms with Crippen LogP contribution in [0.25, 0.3) is 10.9 Å². The largest absolute Gasteiger partial charge is 0.346 e. The highest BCUT2D eigenvalue weighted by Crippen LogP contribution is 2.28. The Kier molecular flexibility index (Phi) is 3.26. The third-order valence-electron chi connectivity index (χ3n) is 4.94. The number of non-ortho nitro benzene ring substituents is 1. The Morgan fingerprint density at radius 1 is 1.39 bits per heavy atom. The molecule has 2 aromatic rings. The Morgan fingerprint density at radius 3 is 2.83 bits per heavy atom. The number of rotatable bonds is 3. The van der Waals surface area contributed by atoms with Gasteiger partial charge in [0, 0.05) is 30.1 Å². The van der Waals surface area contributed by atoms with E-state index in [4.69, 9.17) is 0 Å². The SMILES string of the molecule is O=C(N[C@@H]1CN2CCC1CC2)c1n[nH]c2ccc([N+](=O)[O-])cc12. The Balaban J connectivity index is 1.59. The lowest BCUT2D eigenvalue weighted by Gasteiger charge is -2.44. The minimum absolute atomic E-state index is 0.0456. The summed E-state index contributed by atoms with van der Waals surface area (Å²) in [4.78, 5) is 25.4. The van der Waals surface area contributed by atoms with Crippen molar-refractivity contribution in [3.05, 3.63) is 34.0 Å². The van der Waals surface area contributed by atoms with Crippen LogP contribution >= 0.6 is 0 Å². The molecule has 0 aliphatic carbocycles. The number of aromatic amines is 1. The molecule has 2 bridgehead atoms. The van der Waals surface area contributed by atoms with Gasteiger partial charge in [0.2, 0.25) is 0 Å². The molecule has 5 rings (SSSR count). The first-order valence-electron chi connectivity index (χ1n) is 7.77. The minimum atomic E-state index is -0.471. The van der Waals surface area contributed by atoms with Crippen LogP contribution in [0.3, 0.4) is 0 Å². The third-order valence-corrected chi connectivity index (χ3v) is 4.94. The zero-order valence-electron chi connectivity index (χ0n) is 12.5. The fourth-order valence-corrected chi connectivity index (χ4v) is 3.65. The first kappa shape index (κ1) is 14.1. The molecule has 120 valence electrons. The van der Waals surface area contributed by atoms with Crippen molar-refractivity contribution in [2.75, 3.05) is 19.6 Å². The monoisotopic (exact) mass is 315 g/mol. The number of carbonyl (C=O) groups excluding carboxylic acids is 1. The Bertz CT molecular complexity index is 779. The molecule has 3 aliphatic rings. The summed E-state index contributed by atoms with van der Waals surface area (Å²) >= 11 is 0. The summed E-state index contributed by atoms with van der Waals surface area (Å²) < 4.78 is 0. The number of nitrogens with one attached hydrogen (secondary N) is 2. The smallest absolute Gasteiger partial charge is 0.272 e. The van der Waals surface area contributed by atoms with Crippen molar-refractivity contribution in [2.24, 2.45) is 5.92 Å². The van der Waals surface area contributed by atoms with Crippen LogP contribution in [0.2, 0.25) is 0 Å². The highest BCUT2D eigenvalue weighted by atomic mass is 16.6. The lowest BCUT2D eigenvalue weighted by Crippen LogP contribution is -2.57. The number of hydrogen-bond donors (Lipinski definition) is 2. The van der Waals surface area contributed by atoms with Gasteiger partial charge >= 0.3 is 0 Å². The standard InChI is InChI=1S/C15H17N5O3/c21-15(16-13-8-19-5-3-9(13)4-6-19)14-11-7-10(20(22)23)1-2-12(11)17-18-14/h1-2,7,9,13H,3-6,8H2,(H,16,21)(H,17,18)/t13-/m1/s1. The molecule has 1 atom stereocenters. The molecule has 0 spiro atoms. The van der Waals surface area contributed by atoms with Crippen LogP contribution < -0.4 is 5.32 Å². The summed E-state index contributed by atoms with van der Waals surface area (Å²) in [5.74, 6) is 0.249. The van der Waals surface area contributed by atoms with E-state index >= 15 is 0 Å². The normalized spacial score (nSPS) is 26.3. The molecular formula is C15H17N5O3. The van der Waals surface area contributed by atoms with Gasteiger partial charge in [0.25, 0.3) is 11.6 Å². The van der Waals surface area contributed by atoms with Crippen LogP contribution in [-0.2, 0) is 0 Å². The van der Waals surface area contributed by atoms with E-state index in [1.165, 1.54) is 12.1 Å². The van der Waals surface area contributed by atoms with Crippen molar-refractivity contribution >= 4 is 22.5 Å². The van der Waals surface area contributed by atoms with Gasteiger partial charge in [-0.25, -0.2) is 0 Å². The molecule has 1 aromatic carbocycles. The number of hydrogen-bond acceptors (Lipinski definition) is 5. The van der Waals surface area contributed by atoms with E-state index in [1.54, 1.807) is 6.07 Å². The van der Waals surface area contributed by atoms with E-state index in [0.29, 0.717) is 16.8 Å². The Morgan fingerprint density at radius 2 is 2.17 bits per heavy atom. The predicted octanol–water partition coefficient (Wildman–Crippen LogP) is 1.30. The molecule has 8 heteroatoms. The van der Waals surface area contributed by atoms with E-state index < -0.39 is 4.92 Å². The second-order valence-corrected chi connectivity index (χ2v) is 6.28. The van der Waals surface area contributed by atoms with Crippen molar-refractivity contribution in [3.63, 3.8) is 0 Å². The van der Waals surface area contributed by atoms with E-state index in [2.05, 4.69) is 20.4 Å². The molecule has 0 radical (unpaired) electrons. The lowest BCUT2D eigenvalue weighted by molar-refractivity contribution is -0.384. The molecule has 0 unspecified atom stereocenters. The maximum atomic E-state index is 12.6. The van der Waals surface area contributed by atoms with Gasteiger partial charge in [-0.1, -0.05) is 0 Å². The fourth-order valence-electron chi connectivity index (χ4n) is 3.65. The van der Waals surface area contributed by atoms with Gasteiger partial charge in [-0.05, 0) is 37.9 Å². The van der Waals surface area contributed by atoms with Crippen molar-refractivity contribution in [2.45, 2.75) is 18.9 Å². The molecular weight excluding hydrogens is 298 g/mol. The van der Waals surface area contributed by atoms with Crippen LogP contribution in [0.15, 0.2) is 18.2 Å². The molecule has 8 nitrogen and oxygen atoms in total. The fraction of sp³-hybridized carbons (Fsp3) is 0.467. The number of amides is 1. The summed E-state index contributed by atoms with van der Waals surface area (Å²) in [6.07, 6.45) is 2.22. The Labute approximate surface area is 132 Å². The Hall–Kier alpha value is -2.48. The number of nitrogens with zero attached hydrogens (tertiary/aromatic N) is 3. The van der Waals surface area contributed by atoms with Crippen molar-refractivity contribution < 1.29 is 9.72 Å². The second kappa shape index (κ2) is 5.31. The average Bonchev–Trinajstić information content (AvgIpc) is 2.99. The topological polar surface area (TPSA) is 104 Å². The third kappa shape index (κ3) is 2.44. The van der Waals surface area contributed by atoms with E-state index in [-0.39, 0.29) is 23.3 Å². The summed E-state index contributed by atoms with van der Waals surface area (Å²) in [5, 5.41) is 21.3. The molecule has 3 saturated heterocycles. The van der Waals surface area contributed by atoms with Crippen LogP contribution in [0.1, 0.15) is 23.3 Å². The molecule has 1 aromatic heterocycles. The molecule has 1 amide bonds. The van der Waals surface area contributed by atoms with Crippen molar-refractivity contribution in [3.8, 4) is 0 Å². The van der Waals surface area contributed by atoms with Gasteiger partial charge in [0.1, 0.15) is 0 Å². The highest BCUT2D eigenvalue weighted by molar-refractivity contribution is 6.05. The molecule has 0 saturated carbocycles. The summed E-state index contributed by atoms with van der Waals surface area (Å²) in [7, 11) is 0. The molecule has 23 heavy (non-hydrogen) atoms. The predicted molar refractivity (Wildman–Crippen MR) is 83.2 cm³/mol. The zero-order chi connectivity index (χ0) is 16.0. The quantitative estimate of drug-likeness (QED) is 0.656. The van der Waals surface area contributed by atoms with Crippen LogP contribution in [0.4, 0.5) is 5.69 Å². The first-order chi connectivity index (χ1) is 11.1. The summed E-state index contributed by atoms with van der Waals surface area (Å²) in [6.45, 7) is 3.09.